The maximum absolute atomic E-state index is 8.86. The molecule has 0 atom stereocenters. The fraction of sp³-hybridized carbons (Fsp3) is 0.118. The maximum Gasteiger partial charge on any atom is 0.143 e. The zero-order valence-electron chi connectivity index (χ0n) is 11.0. The highest BCUT2D eigenvalue weighted by Gasteiger charge is 2.19. The van der Waals surface area contributed by atoms with Gasteiger partial charge in [0.05, 0.1) is 23.9 Å². The number of rotatable bonds is 2. The minimum Gasteiger partial charge on any atom is -0.490 e. The summed E-state index contributed by atoms with van der Waals surface area (Å²) in [6.45, 7) is 5.22. The van der Waals surface area contributed by atoms with E-state index in [9.17, 15) is 0 Å². The Kier molecular flexibility index (Phi) is 3.14. The van der Waals surface area contributed by atoms with Crippen molar-refractivity contribution in [3.8, 4) is 11.8 Å². The van der Waals surface area contributed by atoms with E-state index in [4.69, 9.17) is 10.00 Å². The Hall–Kier alpha value is -2.73. The van der Waals surface area contributed by atoms with Gasteiger partial charge in [0.15, 0.2) is 0 Å². The number of nitrogens with zero attached hydrogens (tertiary/aromatic N) is 2. The van der Waals surface area contributed by atoms with Gasteiger partial charge in [0.25, 0.3) is 0 Å². The van der Waals surface area contributed by atoms with Crippen molar-refractivity contribution in [2.24, 2.45) is 0 Å². The van der Waals surface area contributed by atoms with Crippen LogP contribution in [-0.4, -0.2) is 13.2 Å². The second-order valence-corrected chi connectivity index (χ2v) is 4.59. The molecule has 0 aromatic heterocycles. The summed E-state index contributed by atoms with van der Waals surface area (Å²) in [5, 5.41) is 8.86. The van der Waals surface area contributed by atoms with Gasteiger partial charge >= 0.3 is 0 Å². The average Bonchev–Trinajstić information content (AvgIpc) is 2.54. The van der Waals surface area contributed by atoms with E-state index in [1.54, 1.807) is 0 Å². The van der Waals surface area contributed by atoms with Gasteiger partial charge in [-0.2, -0.15) is 5.26 Å². The van der Waals surface area contributed by atoms with Crippen LogP contribution >= 0.6 is 0 Å². The first-order valence-corrected chi connectivity index (χ1v) is 6.49. The Morgan fingerprint density at radius 1 is 1.20 bits per heavy atom. The van der Waals surface area contributed by atoms with Crippen molar-refractivity contribution in [2.45, 2.75) is 0 Å². The zero-order valence-corrected chi connectivity index (χ0v) is 11.0. The summed E-state index contributed by atoms with van der Waals surface area (Å²) in [6.07, 6.45) is 1.81. The van der Waals surface area contributed by atoms with Gasteiger partial charge < -0.3 is 9.64 Å². The lowest BCUT2D eigenvalue weighted by atomic mass is 10.1. The van der Waals surface area contributed by atoms with Gasteiger partial charge in [-0.05, 0) is 42.0 Å². The molecule has 2 aromatic carbocycles. The number of fused-ring (bicyclic) bond motifs is 1. The Bertz CT molecular complexity index is 683. The average molecular weight is 262 g/mol. The van der Waals surface area contributed by atoms with Crippen LogP contribution in [-0.2, 0) is 0 Å². The molecule has 0 bridgehead atoms. The fourth-order valence-electron chi connectivity index (χ4n) is 2.35. The van der Waals surface area contributed by atoms with Gasteiger partial charge in [-0.1, -0.05) is 18.7 Å². The van der Waals surface area contributed by atoms with Crippen LogP contribution in [0.25, 0.3) is 6.08 Å². The second-order valence-electron chi connectivity index (χ2n) is 4.59. The Morgan fingerprint density at radius 3 is 2.70 bits per heavy atom. The first-order valence-electron chi connectivity index (χ1n) is 6.49. The van der Waals surface area contributed by atoms with E-state index >= 15 is 0 Å². The van der Waals surface area contributed by atoms with E-state index in [1.165, 1.54) is 0 Å². The number of hydrogen-bond donors (Lipinski definition) is 0. The Labute approximate surface area is 118 Å². The molecule has 0 unspecified atom stereocenters. The number of anilines is 2. The number of benzene rings is 2. The van der Waals surface area contributed by atoms with Gasteiger partial charge in [0.1, 0.15) is 12.4 Å². The van der Waals surface area contributed by atoms with Crippen LogP contribution in [0.2, 0.25) is 0 Å². The molecule has 2 aromatic rings. The highest BCUT2D eigenvalue weighted by Crippen LogP contribution is 2.37. The topological polar surface area (TPSA) is 36.3 Å². The van der Waals surface area contributed by atoms with Gasteiger partial charge in [-0.3, -0.25) is 0 Å². The molecule has 3 heteroatoms. The zero-order chi connectivity index (χ0) is 13.9. The molecule has 0 saturated heterocycles. The number of hydrogen-bond acceptors (Lipinski definition) is 3. The molecular weight excluding hydrogens is 248 g/mol. The number of ether oxygens (including phenoxy) is 1. The summed E-state index contributed by atoms with van der Waals surface area (Å²) >= 11 is 0. The molecule has 0 saturated carbocycles. The lowest BCUT2D eigenvalue weighted by molar-refractivity contribution is 0.314. The minimum atomic E-state index is 0.646. The summed E-state index contributed by atoms with van der Waals surface area (Å²) < 4.78 is 5.72. The third-order valence-electron chi connectivity index (χ3n) is 3.39. The van der Waals surface area contributed by atoms with Crippen LogP contribution in [0.1, 0.15) is 11.1 Å². The SMILES string of the molecule is C=Cc1ccc2c(c1)OCCN2c1ccc(C#N)cc1. The predicted octanol–water partition coefficient (Wildman–Crippen LogP) is 3.73. The minimum absolute atomic E-state index is 0.646. The first kappa shape index (κ1) is 12.3. The van der Waals surface area contributed by atoms with Gasteiger partial charge in [0, 0.05) is 5.69 Å². The van der Waals surface area contributed by atoms with Gasteiger partial charge in [-0.25, -0.2) is 0 Å². The normalized spacial score (nSPS) is 13.1. The largest absolute Gasteiger partial charge is 0.490 e. The van der Waals surface area contributed by atoms with E-state index in [1.807, 2.05) is 48.5 Å². The summed E-state index contributed by atoms with van der Waals surface area (Å²) in [4.78, 5) is 2.20. The van der Waals surface area contributed by atoms with E-state index in [0.29, 0.717) is 12.2 Å². The Balaban J connectivity index is 2.00. The van der Waals surface area contributed by atoms with E-state index in [2.05, 4.69) is 17.5 Å². The maximum atomic E-state index is 8.86. The van der Waals surface area contributed by atoms with Crippen LogP contribution < -0.4 is 9.64 Å². The highest BCUT2D eigenvalue weighted by molar-refractivity contribution is 5.72. The van der Waals surface area contributed by atoms with Crippen molar-refractivity contribution in [3.05, 3.63) is 60.2 Å². The Morgan fingerprint density at radius 2 is 2.00 bits per heavy atom. The second kappa shape index (κ2) is 5.10. The lowest BCUT2D eigenvalue weighted by Gasteiger charge is -2.31. The van der Waals surface area contributed by atoms with Crippen LogP contribution in [0.4, 0.5) is 11.4 Å². The molecule has 3 nitrogen and oxygen atoms in total. The molecule has 0 aliphatic carbocycles. The third-order valence-corrected chi connectivity index (χ3v) is 3.39. The smallest absolute Gasteiger partial charge is 0.143 e. The van der Waals surface area contributed by atoms with Crippen molar-refractivity contribution in [3.63, 3.8) is 0 Å². The lowest BCUT2D eigenvalue weighted by Crippen LogP contribution is -2.28. The van der Waals surface area contributed by atoms with E-state index in [0.717, 1.165) is 29.2 Å². The standard InChI is InChI=1S/C17H14N2O/c1-2-13-5-8-16-17(11-13)20-10-9-19(16)15-6-3-14(12-18)4-7-15/h2-8,11H,1,9-10H2. The molecule has 3 rings (SSSR count). The van der Waals surface area contributed by atoms with Crippen molar-refractivity contribution in [1.82, 2.24) is 0 Å². The van der Waals surface area contributed by atoms with E-state index in [-0.39, 0.29) is 0 Å². The van der Waals surface area contributed by atoms with Crippen LogP contribution in [0, 0.1) is 11.3 Å². The fourth-order valence-corrected chi connectivity index (χ4v) is 2.35. The van der Waals surface area contributed by atoms with Gasteiger partial charge in [0.2, 0.25) is 0 Å². The van der Waals surface area contributed by atoms with Crippen molar-refractivity contribution < 1.29 is 4.74 Å². The van der Waals surface area contributed by atoms with Crippen molar-refractivity contribution in [1.29, 1.82) is 5.26 Å². The third kappa shape index (κ3) is 2.12. The molecule has 0 radical (unpaired) electrons. The molecule has 98 valence electrons. The van der Waals surface area contributed by atoms with Gasteiger partial charge in [-0.15, -0.1) is 0 Å². The summed E-state index contributed by atoms with van der Waals surface area (Å²) in [7, 11) is 0. The first-order chi connectivity index (χ1) is 9.81. The molecular formula is C17H14N2O. The molecule has 1 heterocycles. The molecule has 0 spiro atoms. The quantitative estimate of drug-likeness (QED) is 0.827. The molecule has 0 N–H and O–H groups in total. The number of nitriles is 1. The van der Waals surface area contributed by atoms with Crippen molar-refractivity contribution in [2.75, 3.05) is 18.1 Å². The van der Waals surface area contributed by atoms with Crippen molar-refractivity contribution >= 4 is 17.5 Å². The molecule has 1 aliphatic heterocycles. The molecule has 0 fully saturated rings. The monoisotopic (exact) mass is 262 g/mol. The molecule has 20 heavy (non-hydrogen) atoms. The van der Waals surface area contributed by atoms with Crippen LogP contribution in [0.3, 0.4) is 0 Å². The van der Waals surface area contributed by atoms with Crippen LogP contribution in [0.15, 0.2) is 49.0 Å². The predicted molar refractivity (Wildman–Crippen MR) is 80.2 cm³/mol. The molecule has 1 aliphatic rings. The summed E-state index contributed by atoms with van der Waals surface area (Å²) in [5.74, 6) is 0.873. The highest BCUT2D eigenvalue weighted by atomic mass is 16.5. The molecule has 0 amide bonds. The summed E-state index contributed by atoms with van der Waals surface area (Å²) in [6, 6.07) is 15.8. The summed E-state index contributed by atoms with van der Waals surface area (Å²) in [5.41, 5.74) is 3.83. The van der Waals surface area contributed by atoms with Crippen LogP contribution in [0.5, 0.6) is 5.75 Å². The van der Waals surface area contributed by atoms with E-state index < -0.39 is 0 Å².